The molecule has 0 aliphatic heterocycles. The smallest absolute Gasteiger partial charge is 0.343 e. The lowest BCUT2D eigenvalue weighted by atomic mass is 9.86. The minimum absolute atomic E-state index is 0.0860. The first-order valence-corrected chi connectivity index (χ1v) is 12.7. The highest BCUT2D eigenvalue weighted by molar-refractivity contribution is 5.92. The van der Waals surface area contributed by atoms with Crippen molar-refractivity contribution >= 4 is 23.8 Å². The molecule has 2 atom stereocenters. The van der Waals surface area contributed by atoms with Crippen LogP contribution in [0.15, 0.2) is 71.8 Å². The van der Waals surface area contributed by atoms with Crippen LogP contribution in [-0.2, 0) is 10.2 Å². The normalized spacial score (nSPS) is 16.5. The maximum absolute atomic E-state index is 12.6. The Morgan fingerprint density at radius 2 is 1.74 bits per heavy atom. The molecule has 0 heterocycles. The predicted octanol–water partition coefficient (Wildman–Crippen LogP) is 5.76. The molecule has 0 bridgehead atoms. The Morgan fingerprint density at radius 1 is 1.05 bits per heavy atom. The number of rotatable bonds is 9. The molecule has 3 aromatic carbocycles. The van der Waals surface area contributed by atoms with Crippen LogP contribution in [0.5, 0.6) is 11.5 Å². The van der Waals surface area contributed by atoms with Crippen molar-refractivity contribution < 1.29 is 24.0 Å². The Hall–Kier alpha value is -4.53. The van der Waals surface area contributed by atoms with Gasteiger partial charge in [0, 0.05) is 18.1 Å². The fourth-order valence-corrected chi connectivity index (χ4v) is 4.17. The third kappa shape index (κ3) is 6.87. The van der Waals surface area contributed by atoms with Crippen molar-refractivity contribution in [2.75, 3.05) is 6.61 Å². The van der Waals surface area contributed by atoms with Crippen molar-refractivity contribution in [3.05, 3.63) is 99.1 Å². The summed E-state index contributed by atoms with van der Waals surface area (Å²) in [5.74, 6) is -0.198. The molecule has 1 saturated carbocycles. The van der Waals surface area contributed by atoms with Crippen LogP contribution in [0.25, 0.3) is 0 Å². The molecule has 0 aromatic heterocycles. The Morgan fingerprint density at radius 3 is 2.36 bits per heavy atom. The van der Waals surface area contributed by atoms with E-state index >= 15 is 0 Å². The van der Waals surface area contributed by atoms with E-state index in [0.717, 1.165) is 12.0 Å². The van der Waals surface area contributed by atoms with Gasteiger partial charge in [0.2, 0.25) is 5.91 Å². The lowest BCUT2D eigenvalue weighted by Gasteiger charge is -2.19. The Bertz CT molecular complexity index is 1390. The number of hydrogen-bond acceptors (Lipinski definition) is 7. The van der Waals surface area contributed by atoms with Crippen LogP contribution in [0.3, 0.4) is 0 Å². The van der Waals surface area contributed by atoms with Crippen LogP contribution in [0, 0.1) is 16.0 Å². The number of carbonyl (C=O) groups excluding carboxylic acids is 2. The molecule has 9 nitrogen and oxygen atoms in total. The van der Waals surface area contributed by atoms with Gasteiger partial charge in [-0.15, -0.1) is 0 Å². The highest BCUT2D eigenvalue weighted by Crippen LogP contribution is 2.47. The standard InChI is InChI=1S/C30H31N3O6/c1-5-38-27-16-19(6-15-26(27)39-29(35)21-9-13-23(14-10-21)33(36)37)18-31-32-28(34)25-17-24(25)20-7-11-22(12-8-20)30(2,3)4/h6-16,18,24-25H,5,17H2,1-4H3,(H,32,34)/b31-18+/t24-,25-/m0/s1. The quantitative estimate of drug-likeness (QED) is 0.124. The van der Waals surface area contributed by atoms with Crippen LogP contribution >= 0.6 is 0 Å². The van der Waals surface area contributed by atoms with Crippen molar-refractivity contribution in [3.8, 4) is 11.5 Å². The highest BCUT2D eigenvalue weighted by Gasteiger charge is 2.44. The summed E-state index contributed by atoms with van der Waals surface area (Å²) in [4.78, 5) is 35.4. The number of benzene rings is 3. The summed E-state index contributed by atoms with van der Waals surface area (Å²) in [5.41, 5.74) is 5.81. The number of non-ortho nitro benzene ring substituents is 1. The maximum atomic E-state index is 12.6. The first-order valence-electron chi connectivity index (χ1n) is 12.7. The van der Waals surface area contributed by atoms with Gasteiger partial charge in [0.25, 0.3) is 5.69 Å². The molecule has 39 heavy (non-hydrogen) atoms. The number of nitrogens with zero attached hydrogens (tertiary/aromatic N) is 2. The number of hydrogen-bond donors (Lipinski definition) is 1. The van der Waals surface area contributed by atoms with E-state index in [4.69, 9.17) is 9.47 Å². The summed E-state index contributed by atoms with van der Waals surface area (Å²) in [7, 11) is 0. The number of hydrazone groups is 1. The molecule has 0 radical (unpaired) electrons. The second-order valence-corrected chi connectivity index (χ2v) is 10.4. The monoisotopic (exact) mass is 529 g/mol. The molecule has 0 saturated heterocycles. The second-order valence-electron chi connectivity index (χ2n) is 10.4. The van der Waals surface area contributed by atoms with Gasteiger partial charge in [-0.3, -0.25) is 14.9 Å². The van der Waals surface area contributed by atoms with E-state index < -0.39 is 10.9 Å². The van der Waals surface area contributed by atoms with E-state index in [-0.39, 0.29) is 40.2 Å². The number of esters is 1. The van der Waals surface area contributed by atoms with Crippen molar-refractivity contribution in [1.82, 2.24) is 5.43 Å². The molecule has 1 aliphatic rings. The van der Waals surface area contributed by atoms with Gasteiger partial charge < -0.3 is 9.47 Å². The Balaban J connectivity index is 1.35. The van der Waals surface area contributed by atoms with E-state index in [2.05, 4.69) is 55.6 Å². The van der Waals surface area contributed by atoms with E-state index in [0.29, 0.717) is 17.9 Å². The first kappa shape index (κ1) is 27.5. The molecular formula is C30H31N3O6. The summed E-state index contributed by atoms with van der Waals surface area (Å²) in [6, 6.07) is 18.5. The minimum Gasteiger partial charge on any atom is -0.490 e. The van der Waals surface area contributed by atoms with Gasteiger partial charge in [0.1, 0.15) is 0 Å². The zero-order valence-corrected chi connectivity index (χ0v) is 22.3. The van der Waals surface area contributed by atoms with Crippen LogP contribution in [-0.4, -0.2) is 29.6 Å². The second kappa shape index (κ2) is 11.5. The number of amides is 1. The molecule has 3 aromatic rings. The highest BCUT2D eigenvalue weighted by atomic mass is 16.6. The number of nitro groups is 1. The summed E-state index contributed by atoms with van der Waals surface area (Å²) in [6.45, 7) is 8.65. The Kier molecular flexibility index (Phi) is 8.09. The SMILES string of the molecule is CCOc1cc(/C=N/NC(=O)[C@H]2C[C@H]2c2ccc(C(C)(C)C)cc2)ccc1OC(=O)c1ccc([N+](=O)[O-])cc1. The molecule has 9 heteroatoms. The summed E-state index contributed by atoms with van der Waals surface area (Å²) >= 11 is 0. The van der Waals surface area contributed by atoms with E-state index in [1.807, 2.05) is 0 Å². The van der Waals surface area contributed by atoms with Crippen molar-refractivity contribution in [2.45, 2.75) is 45.4 Å². The zero-order valence-electron chi connectivity index (χ0n) is 22.3. The van der Waals surface area contributed by atoms with Crippen LogP contribution < -0.4 is 14.9 Å². The lowest BCUT2D eigenvalue weighted by molar-refractivity contribution is -0.384. The molecule has 202 valence electrons. The van der Waals surface area contributed by atoms with Gasteiger partial charge in [-0.05, 0) is 71.7 Å². The largest absolute Gasteiger partial charge is 0.490 e. The molecule has 0 spiro atoms. The summed E-state index contributed by atoms with van der Waals surface area (Å²) in [5, 5.41) is 14.9. The van der Waals surface area contributed by atoms with Gasteiger partial charge in [-0.25, -0.2) is 10.2 Å². The average molecular weight is 530 g/mol. The van der Waals surface area contributed by atoms with Gasteiger partial charge in [-0.1, -0.05) is 45.0 Å². The Labute approximate surface area is 227 Å². The van der Waals surface area contributed by atoms with Crippen molar-refractivity contribution in [1.29, 1.82) is 0 Å². The summed E-state index contributed by atoms with van der Waals surface area (Å²) < 4.78 is 11.1. The van der Waals surface area contributed by atoms with E-state index in [9.17, 15) is 19.7 Å². The third-order valence-corrected chi connectivity index (χ3v) is 6.50. The summed E-state index contributed by atoms with van der Waals surface area (Å²) in [6.07, 6.45) is 2.29. The minimum atomic E-state index is -0.674. The van der Waals surface area contributed by atoms with Crippen LogP contribution in [0.4, 0.5) is 5.69 Å². The molecule has 0 unspecified atom stereocenters. The van der Waals surface area contributed by atoms with Crippen molar-refractivity contribution in [3.63, 3.8) is 0 Å². The molecule has 1 N–H and O–H groups in total. The lowest BCUT2D eigenvalue weighted by Crippen LogP contribution is -2.20. The van der Waals surface area contributed by atoms with E-state index in [1.165, 1.54) is 36.0 Å². The molecular weight excluding hydrogens is 498 g/mol. The van der Waals surface area contributed by atoms with E-state index in [1.54, 1.807) is 25.1 Å². The van der Waals surface area contributed by atoms with Gasteiger partial charge >= 0.3 is 5.97 Å². The number of nitrogens with one attached hydrogen (secondary N) is 1. The van der Waals surface area contributed by atoms with Gasteiger partial charge in [0.15, 0.2) is 11.5 Å². The van der Waals surface area contributed by atoms with Crippen molar-refractivity contribution in [2.24, 2.45) is 11.0 Å². The molecule has 1 fully saturated rings. The number of ether oxygens (including phenoxy) is 2. The number of carbonyl (C=O) groups is 2. The topological polar surface area (TPSA) is 120 Å². The maximum Gasteiger partial charge on any atom is 0.343 e. The van der Waals surface area contributed by atoms with Crippen LogP contribution in [0.1, 0.15) is 67.1 Å². The molecule has 4 rings (SSSR count). The fraction of sp³-hybridized carbons (Fsp3) is 0.300. The fourth-order valence-electron chi connectivity index (χ4n) is 4.17. The number of nitro benzene ring substituents is 1. The predicted molar refractivity (Wildman–Crippen MR) is 147 cm³/mol. The van der Waals surface area contributed by atoms with Gasteiger partial charge in [0.05, 0.1) is 23.3 Å². The van der Waals surface area contributed by atoms with Crippen LogP contribution in [0.2, 0.25) is 0 Å². The van der Waals surface area contributed by atoms with Gasteiger partial charge in [-0.2, -0.15) is 5.10 Å². The zero-order chi connectivity index (χ0) is 28.2. The average Bonchev–Trinajstić information content (AvgIpc) is 3.71. The third-order valence-electron chi connectivity index (χ3n) is 6.50. The molecule has 1 amide bonds. The molecule has 1 aliphatic carbocycles. The first-order chi connectivity index (χ1) is 18.6.